The first-order valence-corrected chi connectivity index (χ1v) is 8.48. The van der Waals surface area contributed by atoms with E-state index < -0.39 is 11.7 Å². The molecule has 0 unspecified atom stereocenters. The van der Waals surface area contributed by atoms with Crippen LogP contribution < -0.4 is 21.4 Å². The highest BCUT2D eigenvalue weighted by Crippen LogP contribution is 2.37. The van der Waals surface area contributed by atoms with E-state index in [-0.39, 0.29) is 34.4 Å². The van der Waals surface area contributed by atoms with Gasteiger partial charge in [-0.05, 0) is 30.7 Å². The van der Waals surface area contributed by atoms with E-state index in [2.05, 4.69) is 0 Å². The Morgan fingerprint density at radius 1 is 1.24 bits per heavy atom. The Kier molecular flexibility index (Phi) is 8.56. The predicted octanol–water partition coefficient (Wildman–Crippen LogP) is 3.21. The molecule has 5 N–H and O–H groups in total. The van der Waals surface area contributed by atoms with E-state index in [1.165, 1.54) is 38.4 Å². The number of alkyl halides is 3. The van der Waals surface area contributed by atoms with Crippen LogP contribution in [0.15, 0.2) is 30.3 Å². The zero-order valence-electron chi connectivity index (χ0n) is 16.0. The van der Waals surface area contributed by atoms with Crippen molar-refractivity contribution in [3.63, 3.8) is 0 Å². The molecule has 0 saturated heterocycles. The van der Waals surface area contributed by atoms with Crippen molar-refractivity contribution in [3.05, 3.63) is 52.0 Å². The minimum Gasteiger partial charge on any atom is -0.506 e. The van der Waals surface area contributed by atoms with Crippen LogP contribution >= 0.6 is 11.6 Å². The number of aryl methyl sites for hydroxylation is 1. The lowest BCUT2D eigenvalue weighted by atomic mass is 10.0. The number of hydrazine groups is 2. The molecule has 0 aliphatic heterocycles. The summed E-state index contributed by atoms with van der Waals surface area (Å²) in [7, 11) is 2.91. The molecule has 0 heterocycles. The fourth-order valence-electron chi connectivity index (χ4n) is 2.28. The number of hydrogen-bond acceptors (Lipinski definition) is 6. The molecule has 11 heteroatoms. The summed E-state index contributed by atoms with van der Waals surface area (Å²) in [6, 6.07) is 6.47. The molecular weight excluding hydrogens is 413 g/mol. The molecule has 0 bridgehead atoms. The first-order valence-electron chi connectivity index (χ1n) is 8.10. The van der Waals surface area contributed by atoms with Crippen LogP contribution in [0.2, 0.25) is 5.02 Å². The highest BCUT2D eigenvalue weighted by molar-refractivity contribution is 6.32. The standard InChI is InChI=1S/C16H16ClF3N2O2.C2H6N2O/c1-9-6-14(23)12(17)7-15(9)24-8-10-11(16(18,19)20)4-3-5-13(10)22(2)21;1-4(3)2-5/h3-7,23H,8,21H2,1-2H3;2H,3H2,1H3. The Hall–Kier alpha value is -2.69. The number of carbonyl (C=O) groups excluding carboxylic acids is 1. The summed E-state index contributed by atoms with van der Waals surface area (Å²) in [6.07, 6.45) is -4.01. The second-order valence-corrected chi connectivity index (χ2v) is 6.45. The van der Waals surface area contributed by atoms with Crippen molar-refractivity contribution in [1.29, 1.82) is 0 Å². The lowest BCUT2D eigenvalue weighted by Crippen LogP contribution is -2.27. The molecule has 1 amide bonds. The van der Waals surface area contributed by atoms with Crippen LogP contribution in [0, 0.1) is 6.92 Å². The molecule has 0 radical (unpaired) electrons. The number of amides is 1. The van der Waals surface area contributed by atoms with E-state index >= 15 is 0 Å². The fraction of sp³-hybridized carbons (Fsp3) is 0.278. The van der Waals surface area contributed by atoms with Crippen molar-refractivity contribution in [2.45, 2.75) is 19.7 Å². The Morgan fingerprint density at radius 2 is 1.83 bits per heavy atom. The van der Waals surface area contributed by atoms with E-state index in [1.54, 1.807) is 6.92 Å². The number of phenols is 1. The fourth-order valence-corrected chi connectivity index (χ4v) is 2.43. The first-order chi connectivity index (χ1) is 13.4. The van der Waals surface area contributed by atoms with Gasteiger partial charge in [-0.15, -0.1) is 0 Å². The van der Waals surface area contributed by atoms with Crippen LogP contribution in [-0.2, 0) is 17.6 Å². The molecule has 0 atom stereocenters. The van der Waals surface area contributed by atoms with Gasteiger partial charge in [-0.25, -0.2) is 11.7 Å². The number of carbonyl (C=O) groups is 1. The van der Waals surface area contributed by atoms with Crippen molar-refractivity contribution in [2.75, 3.05) is 19.1 Å². The third-order valence-electron chi connectivity index (χ3n) is 3.62. The van der Waals surface area contributed by atoms with Crippen molar-refractivity contribution in [1.82, 2.24) is 5.01 Å². The van der Waals surface area contributed by atoms with Gasteiger partial charge in [-0.3, -0.25) is 9.80 Å². The highest BCUT2D eigenvalue weighted by Gasteiger charge is 2.34. The third-order valence-corrected chi connectivity index (χ3v) is 3.92. The molecule has 0 aliphatic carbocycles. The van der Waals surface area contributed by atoms with Gasteiger partial charge in [0.15, 0.2) is 0 Å². The van der Waals surface area contributed by atoms with Crippen LogP contribution in [0.25, 0.3) is 0 Å². The van der Waals surface area contributed by atoms with Gasteiger partial charge in [0.05, 0.1) is 16.3 Å². The number of aromatic hydroxyl groups is 1. The summed E-state index contributed by atoms with van der Waals surface area (Å²) >= 11 is 5.81. The van der Waals surface area contributed by atoms with E-state index in [4.69, 9.17) is 28.0 Å². The van der Waals surface area contributed by atoms with Gasteiger partial charge in [-0.2, -0.15) is 13.2 Å². The number of anilines is 1. The number of benzene rings is 2. The minimum atomic E-state index is -4.54. The van der Waals surface area contributed by atoms with Crippen LogP contribution in [0.1, 0.15) is 16.7 Å². The number of hydrogen-bond donors (Lipinski definition) is 3. The highest BCUT2D eigenvalue weighted by atomic mass is 35.5. The van der Waals surface area contributed by atoms with Crippen molar-refractivity contribution < 1.29 is 27.8 Å². The van der Waals surface area contributed by atoms with Gasteiger partial charge in [-0.1, -0.05) is 17.7 Å². The molecule has 0 saturated carbocycles. The van der Waals surface area contributed by atoms with E-state index in [0.717, 1.165) is 16.1 Å². The Morgan fingerprint density at radius 3 is 2.31 bits per heavy atom. The summed E-state index contributed by atoms with van der Waals surface area (Å²) in [5.41, 5.74) is -0.158. The largest absolute Gasteiger partial charge is 0.506 e. The predicted molar refractivity (Wildman–Crippen MR) is 104 cm³/mol. The zero-order chi connectivity index (χ0) is 22.4. The van der Waals surface area contributed by atoms with Gasteiger partial charge >= 0.3 is 6.18 Å². The molecule has 2 aromatic rings. The second kappa shape index (κ2) is 10.2. The molecule has 7 nitrogen and oxygen atoms in total. The SMILES string of the molecule is CN(N)C=O.Cc1cc(O)c(Cl)cc1OCc1c(N(C)N)cccc1C(F)(F)F. The molecule has 0 aromatic heterocycles. The number of nitrogens with two attached hydrogens (primary N) is 2. The smallest absolute Gasteiger partial charge is 0.416 e. The summed E-state index contributed by atoms with van der Waals surface area (Å²) < 4.78 is 45.2. The van der Waals surface area contributed by atoms with Crippen LogP contribution in [0.5, 0.6) is 11.5 Å². The Labute approximate surface area is 171 Å². The van der Waals surface area contributed by atoms with Crippen LogP contribution in [0.3, 0.4) is 0 Å². The number of ether oxygens (including phenoxy) is 1. The Bertz CT molecular complexity index is 846. The van der Waals surface area contributed by atoms with Crippen molar-refractivity contribution >= 4 is 23.7 Å². The average molecular weight is 435 g/mol. The number of nitrogens with zero attached hydrogens (tertiary/aromatic N) is 2. The third kappa shape index (κ3) is 7.00. The summed E-state index contributed by atoms with van der Waals surface area (Å²) in [6.45, 7) is 1.30. The molecule has 160 valence electrons. The number of phenolic OH excluding ortho intramolecular Hbond substituents is 1. The molecule has 0 fully saturated rings. The van der Waals surface area contributed by atoms with Gasteiger partial charge < -0.3 is 14.9 Å². The summed E-state index contributed by atoms with van der Waals surface area (Å²) in [5.74, 6) is 10.5. The maximum atomic E-state index is 13.2. The van der Waals surface area contributed by atoms with Gasteiger partial charge in [0, 0.05) is 25.7 Å². The summed E-state index contributed by atoms with van der Waals surface area (Å²) in [4.78, 5) is 9.31. The maximum absolute atomic E-state index is 13.2. The molecule has 0 aliphatic rings. The van der Waals surface area contributed by atoms with Crippen LogP contribution in [0.4, 0.5) is 18.9 Å². The first kappa shape index (κ1) is 24.3. The average Bonchev–Trinajstić information content (AvgIpc) is 2.62. The zero-order valence-corrected chi connectivity index (χ0v) is 16.8. The van der Waals surface area contributed by atoms with E-state index in [0.29, 0.717) is 12.0 Å². The van der Waals surface area contributed by atoms with E-state index in [1.807, 2.05) is 0 Å². The molecule has 29 heavy (non-hydrogen) atoms. The minimum absolute atomic E-state index is 0.0517. The van der Waals surface area contributed by atoms with Crippen molar-refractivity contribution in [3.8, 4) is 11.5 Å². The topological polar surface area (TPSA) is 105 Å². The maximum Gasteiger partial charge on any atom is 0.416 e. The number of halogens is 4. The van der Waals surface area contributed by atoms with Gasteiger partial charge in [0.2, 0.25) is 6.41 Å². The number of rotatable bonds is 5. The van der Waals surface area contributed by atoms with Crippen molar-refractivity contribution in [2.24, 2.45) is 11.7 Å². The summed E-state index contributed by atoms with van der Waals surface area (Å²) in [5, 5.41) is 11.6. The monoisotopic (exact) mass is 434 g/mol. The molecule has 2 rings (SSSR count). The lowest BCUT2D eigenvalue weighted by Gasteiger charge is -2.22. The quantitative estimate of drug-likeness (QED) is 0.289. The lowest BCUT2D eigenvalue weighted by molar-refractivity contribution is -0.138. The second-order valence-electron chi connectivity index (χ2n) is 6.04. The molecule has 0 spiro atoms. The van der Waals surface area contributed by atoms with Gasteiger partial charge in [0.1, 0.15) is 18.1 Å². The molecular formula is C18H22ClF3N4O3. The normalized spacial score (nSPS) is 10.7. The Balaban J connectivity index is 0.000000749. The molecule has 2 aromatic carbocycles. The van der Waals surface area contributed by atoms with Gasteiger partial charge in [0.25, 0.3) is 0 Å². The van der Waals surface area contributed by atoms with Crippen LogP contribution in [-0.4, -0.2) is 30.6 Å². The van der Waals surface area contributed by atoms with E-state index in [9.17, 15) is 23.1 Å².